The van der Waals surface area contributed by atoms with Gasteiger partial charge in [-0.25, -0.2) is 9.78 Å². The van der Waals surface area contributed by atoms with E-state index < -0.39 is 5.97 Å². The van der Waals surface area contributed by atoms with Crippen LogP contribution < -0.4 is 10.6 Å². The van der Waals surface area contributed by atoms with Gasteiger partial charge in [0.15, 0.2) is 5.13 Å². The standard InChI is InChI=1S/C24H30N6O4S/c1-5-9-33-23(32)20-14(2)26-24(35-20)28-22(31)19-11-18(13-30(19)4)25-12-16-7-6-8-17(10-16)21-27-15(3)34-29-21/h6-8,10,18-19,25H,5,9,11-13H2,1-4H3,(H,26,28,31)/t18-,19-/m1/s1. The second-order valence-electron chi connectivity index (χ2n) is 8.67. The van der Waals surface area contributed by atoms with Crippen LogP contribution in [0.4, 0.5) is 5.13 Å². The van der Waals surface area contributed by atoms with E-state index in [0.717, 1.165) is 35.4 Å². The highest BCUT2D eigenvalue weighted by Gasteiger charge is 2.34. The number of aromatic nitrogens is 3. The van der Waals surface area contributed by atoms with Gasteiger partial charge in [0.25, 0.3) is 0 Å². The Morgan fingerprint density at radius 2 is 2.11 bits per heavy atom. The fraction of sp³-hybridized carbons (Fsp3) is 0.458. The number of thiazole rings is 1. The minimum atomic E-state index is -0.400. The third kappa shape index (κ3) is 6.11. The van der Waals surface area contributed by atoms with Gasteiger partial charge >= 0.3 is 5.97 Å². The van der Waals surface area contributed by atoms with E-state index in [9.17, 15) is 9.59 Å². The smallest absolute Gasteiger partial charge is 0.350 e. The lowest BCUT2D eigenvalue weighted by molar-refractivity contribution is -0.119. The lowest BCUT2D eigenvalue weighted by Crippen LogP contribution is -2.37. The number of benzene rings is 1. The van der Waals surface area contributed by atoms with E-state index in [1.165, 1.54) is 0 Å². The summed E-state index contributed by atoms with van der Waals surface area (Å²) in [6.45, 7) is 7.21. The number of anilines is 1. The monoisotopic (exact) mass is 498 g/mol. The van der Waals surface area contributed by atoms with Crippen LogP contribution in [0.5, 0.6) is 0 Å². The summed E-state index contributed by atoms with van der Waals surface area (Å²) in [5, 5.41) is 10.8. The largest absolute Gasteiger partial charge is 0.461 e. The van der Waals surface area contributed by atoms with Crippen LogP contribution in [0.1, 0.15) is 46.6 Å². The Hall–Kier alpha value is -3.15. The molecule has 2 atom stereocenters. The molecule has 1 aliphatic rings. The van der Waals surface area contributed by atoms with Crippen molar-refractivity contribution in [2.45, 2.75) is 52.2 Å². The third-order valence-electron chi connectivity index (χ3n) is 5.81. The summed E-state index contributed by atoms with van der Waals surface area (Å²) in [6.07, 6.45) is 1.42. The number of amides is 1. The first-order valence-corrected chi connectivity index (χ1v) is 12.4. The summed E-state index contributed by atoms with van der Waals surface area (Å²) in [4.78, 5) is 36.2. The number of nitrogens with zero attached hydrogens (tertiary/aromatic N) is 4. The minimum absolute atomic E-state index is 0.131. The molecule has 1 aliphatic heterocycles. The SMILES string of the molecule is CCCOC(=O)c1sc(NC(=O)[C@H]2C[C@@H](NCc3cccc(-c4noc(C)n4)c3)CN2C)nc1C. The summed E-state index contributed by atoms with van der Waals surface area (Å²) < 4.78 is 10.3. The lowest BCUT2D eigenvalue weighted by atomic mass is 10.1. The third-order valence-corrected chi connectivity index (χ3v) is 6.86. The van der Waals surface area contributed by atoms with Gasteiger partial charge in [-0.15, -0.1) is 0 Å². The highest BCUT2D eigenvalue weighted by molar-refractivity contribution is 7.17. The number of hydrogen-bond donors (Lipinski definition) is 2. The number of aryl methyl sites for hydroxylation is 2. The number of rotatable bonds is 9. The Labute approximate surface area is 208 Å². The van der Waals surface area contributed by atoms with Gasteiger partial charge < -0.3 is 19.9 Å². The van der Waals surface area contributed by atoms with Crippen molar-refractivity contribution < 1.29 is 18.8 Å². The van der Waals surface area contributed by atoms with Gasteiger partial charge in [0.1, 0.15) is 4.88 Å². The van der Waals surface area contributed by atoms with Gasteiger partial charge in [-0.05, 0) is 38.4 Å². The zero-order valence-electron chi connectivity index (χ0n) is 20.3. The van der Waals surface area contributed by atoms with Crippen LogP contribution in [0.25, 0.3) is 11.4 Å². The molecule has 1 saturated heterocycles. The molecule has 186 valence electrons. The minimum Gasteiger partial charge on any atom is -0.461 e. The van der Waals surface area contributed by atoms with Crippen LogP contribution in [0.3, 0.4) is 0 Å². The molecule has 0 spiro atoms. The van der Waals surface area contributed by atoms with E-state index in [-0.39, 0.29) is 18.0 Å². The molecule has 10 nitrogen and oxygen atoms in total. The molecule has 1 fully saturated rings. The first-order chi connectivity index (χ1) is 16.8. The molecule has 1 amide bonds. The summed E-state index contributed by atoms with van der Waals surface area (Å²) in [7, 11) is 1.94. The second kappa shape index (κ2) is 11.1. The average molecular weight is 499 g/mol. The van der Waals surface area contributed by atoms with Gasteiger partial charge in [-0.1, -0.05) is 41.6 Å². The molecule has 0 radical (unpaired) electrons. The molecule has 0 aliphatic carbocycles. The van der Waals surface area contributed by atoms with E-state index >= 15 is 0 Å². The number of carbonyl (C=O) groups is 2. The van der Waals surface area contributed by atoms with E-state index in [2.05, 4.69) is 25.8 Å². The van der Waals surface area contributed by atoms with Crippen molar-refractivity contribution in [2.75, 3.05) is 25.5 Å². The molecule has 3 heterocycles. The Balaban J connectivity index is 1.32. The summed E-state index contributed by atoms with van der Waals surface area (Å²) >= 11 is 1.15. The van der Waals surface area contributed by atoms with Crippen LogP contribution >= 0.6 is 11.3 Å². The first-order valence-electron chi connectivity index (χ1n) is 11.6. The Kier molecular flexibility index (Phi) is 7.89. The van der Waals surface area contributed by atoms with Gasteiger partial charge in [0.05, 0.1) is 18.3 Å². The number of hydrogen-bond acceptors (Lipinski definition) is 10. The van der Waals surface area contributed by atoms with Crippen molar-refractivity contribution >= 4 is 28.3 Å². The topological polar surface area (TPSA) is 122 Å². The van der Waals surface area contributed by atoms with Gasteiger partial charge in [-0.2, -0.15) is 4.98 Å². The predicted octanol–water partition coefficient (Wildman–Crippen LogP) is 3.18. The van der Waals surface area contributed by atoms with Gasteiger partial charge in [0.2, 0.25) is 17.6 Å². The molecule has 0 unspecified atom stereocenters. The van der Waals surface area contributed by atoms with Crippen LogP contribution in [-0.4, -0.2) is 64.2 Å². The molecule has 1 aromatic carbocycles. The Morgan fingerprint density at radius 3 is 2.86 bits per heavy atom. The normalized spacial score (nSPS) is 18.1. The molecule has 35 heavy (non-hydrogen) atoms. The predicted molar refractivity (Wildman–Crippen MR) is 132 cm³/mol. The van der Waals surface area contributed by atoms with Crippen molar-refractivity contribution in [3.63, 3.8) is 0 Å². The number of likely N-dealkylation sites (tertiary alicyclic amines) is 1. The molecular formula is C24H30N6O4S. The van der Waals surface area contributed by atoms with Crippen molar-refractivity contribution in [3.05, 3.63) is 46.3 Å². The molecule has 2 N–H and O–H groups in total. The molecular weight excluding hydrogens is 468 g/mol. The molecule has 0 saturated carbocycles. The fourth-order valence-corrected chi connectivity index (χ4v) is 4.90. The van der Waals surface area contributed by atoms with Crippen molar-refractivity contribution in [2.24, 2.45) is 0 Å². The van der Waals surface area contributed by atoms with E-state index in [4.69, 9.17) is 9.26 Å². The van der Waals surface area contributed by atoms with Crippen molar-refractivity contribution in [3.8, 4) is 11.4 Å². The van der Waals surface area contributed by atoms with E-state index in [1.54, 1.807) is 13.8 Å². The van der Waals surface area contributed by atoms with Gasteiger partial charge in [-0.3, -0.25) is 9.69 Å². The first kappa shape index (κ1) is 25.0. The molecule has 0 bridgehead atoms. The maximum Gasteiger partial charge on any atom is 0.350 e. The second-order valence-corrected chi connectivity index (χ2v) is 9.66. The van der Waals surface area contributed by atoms with Crippen molar-refractivity contribution in [1.82, 2.24) is 25.3 Å². The maximum absolute atomic E-state index is 13.0. The zero-order chi connectivity index (χ0) is 24.9. The molecule has 2 aromatic heterocycles. The number of nitrogens with one attached hydrogen (secondary N) is 2. The summed E-state index contributed by atoms with van der Waals surface area (Å²) in [5.41, 5.74) is 2.56. The summed E-state index contributed by atoms with van der Waals surface area (Å²) in [5.74, 6) is 0.569. The fourth-order valence-electron chi connectivity index (χ4n) is 4.04. The zero-order valence-corrected chi connectivity index (χ0v) is 21.1. The molecule has 11 heteroatoms. The van der Waals surface area contributed by atoms with Crippen LogP contribution in [0.2, 0.25) is 0 Å². The Bertz CT molecular complexity index is 1190. The van der Waals surface area contributed by atoms with Crippen molar-refractivity contribution in [1.29, 1.82) is 0 Å². The van der Waals surface area contributed by atoms with Crippen LogP contribution in [0.15, 0.2) is 28.8 Å². The Morgan fingerprint density at radius 1 is 1.29 bits per heavy atom. The van der Waals surface area contributed by atoms with Gasteiger partial charge in [0, 0.05) is 31.6 Å². The average Bonchev–Trinajstić information content (AvgIpc) is 3.54. The number of likely N-dealkylation sites (N-methyl/N-ethyl adjacent to an activating group) is 1. The summed E-state index contributed by atoms with van der Waals surface area (Å²) in [6, 6.07) is 7.86. The maximum atomic E-state index is 13.0. The van der Waals surface area contributed by atoms with E-state index in [0.29, 0.717) is 47.0 Å². The highest BCUT2D eigenvalue weighted by Crippen LogP contribution is 2.25. The quantitative estimate of drug-likeness (QED) is 0.428. The lowest BCUT2D eigenvalue weighted by Gasteiger charge is -2.17. The number of carbonyl (C=O) groups excluding carboxylic acids is 2. The van der Waals surface area contributed by atoms with Crippen LogP contribution in [0, 0.1) is 13.8 Å². The van der Waals surface area contributed by atoms with Crippen LogP contribution in [-0.2, 0) is 16.1 Å². The van der Waals surface area contributed by atoms with E-state index in [1.807, 2.05) is 43.1 Å². The highest BCUT2D eigenvalue weighted by atomic mass is 32.1. The molecule has 4 rings (SSSR count). The molecule has 3 aromatic rings. The number of esters is 1. The number of ether oxygens (including phenoxy) is 1.